The molecule has 1 saturated carbocycles. The van der Waals surface area contributed by atoms with Crippen LogP contribution >= 0.6 is 0 Å². The fraction of sp³-hybridized carbons (Fsp3) is 0.714. The molecule has 0 spiro atoms. The Balaban J connectivity index is 2.45. The molecule has 106 valence electrons. The molecular weight excluding hydrogens is 244 g/mol. The zero-order chi connectivity index (χ0) is 14.0. The summed E-state index contributed by atoms with van der Waals surface area (Å²) in [5, 5.41) is 10.2. The van der Waals surface area contributed by atoms with Gasteiger partial charge in [0.05, 0.1) is 5.56 Å². The lowest BCUT2D eigenvalue weighted by molar-refractivity contribution is 0.218. The molecule has 1 fully saturated rings. The molecule has 0 aliphatic heterocycles. The minimum absolute atomic E-state index is 0.0879. The number of hydrogen-bond donors (Lipinski definition) is 2. The summed E-state index contributed by atoms with van der Waals surface area (Å²) in [6, 6.07) is 0. The van der Waals surface area contributed by atoms with E-state index >= 15 is 0 Å². The minimum atomic E-state index is -0.501. The Morgan fingerprint density at radius 3 is 2.42 bits per heavy atom. The van der Waals surface area contributed by atoms with E-state index < -0.39 is 11.2 Å². The van der Waals surface area contributed by atoms with Gasteiger partial charge in [-0.25, -0.2) is 4.79 Å². The molecule has 0 radical (unpaired) electrons. The van der Waals surface area contributed by atoms with Gasteiger partial charge in [0.2, 0.25) is 5.88 Å². The predicted octanol–water partition coefficient (Wildman–Crippen LogP) is 1.77. The van der Waals surface area contributed by atoms with E-state index in [-0.39, 0.29) is 11.3 Å². The van der Waals surface area contributed by atoms with Gasteiger partial charge in [0.15, 0.2) is 0 Å². The van der Waals surface area contributed by atoms with Crippen molar-refractivity contribution in [2.24, 2.45) is 5.41 Å². The smallest absolute Gasteiger partial charge is 0.331 e. The number of aromatic hydroxyl groups is 1. The summed E-state index contributed by atoms with van der Waals surface area (Å²) < 4.78 is 1.34. The molecule has 2 rings (SSSR count). The number of aromatic nitrogens is 2. The summed E-state index contributed by atoms with van der Waals surface area (Å²) in [4.78, 5) is 25.8. The first-order valence-electron chi connectivity index (χ1n) is 7.08. The van der Waals surface area contributed by atoms with Gasteiger partial charge in [0.25, 0.3) is 5.56 Å². The van der Waals surface area contributed by atoms with Gasteiger partial charge in [-0.2, -0.15) is 0 Å². The summed E-state index contributed by atoms with van der Waals surface area (Å²) in [5.74, 6) is -0.157. The Labute approximate surface area is 112 Å². The van der Waals surface area contributed by atoms with Gasteiger partial charge in [-0.15, -0.1) is 0 Å². The minimum Gasteiger partial charge on any atom is -0.494 e. The normalized spacial score (nSPS) is 17.8. The van der Waals surface area contributed by atoms with Gasteiger partial charge in [-0.3, -0.25) is 14.3 Å². The first-order chi connectivity index (χ1) is 9.03. The second kappa shape index (κ2) is 5.23. The van der Waals surface area contributed by atoms with Gasteiger partial charge in [0, 0.05) is 6.54 Å². The topological polar surface area (TPSA) is 75.1 Å². The number of H-pyrrole nitrogens is 1. The average molecular weight is 266 g/mol. The van der Waals surface area contributed by atoms with Crippen LogP contribution in [-0.2, 0) is 13.0 Å². The molecule has 0 aromatic carbocycles. The Morgan fingerprint density at radius 2 is 1.89 bits per heavy atom. The quantitative estimate of drug-likeness (QED) is 0.872. The summed E-state index contributed by atoms with van der Waals surface area (Å²) in [6.07, 6.45) is 5.91. The van der Waals surface area contributed by atoms with E-state index in [1.54, 1.807) is 6.92 Å². The van der Waals surface area contributed by atoms with Crippen LogP contribution in [0.2, 0.25) is 0 Å². The molecule has 0 unspecified atom stereocenters. The van der Waals surface area contributed by atoms with Gasteiger partial charge in [0.1, 0.15) is 0 Å². The zero-order valence-corrected chi connectivity index (χ0v) is 11.7. The summed E-state index contributed by atoms with van der Waals surface area (Å²) in [5.41, 5.74) is -0.591. The van der Waals surface area contributed by atoms with Crippen LogP contribution in [0.4, 0.5) is 0 Å². The average Bonchev–Trinajstić information content (AvgIpc) is 2.84. The van der Waals surface area contributed by atoms with E-state index in [0.717, 1.165) is 19.3 Å². The molecule has 5 nitrogen and oxygen atoms in total. The molecule has 1 aromatic heterocycles. The van der Waals surface area contributed by atoms with Crippen molar-refractivity contribution < 1.29 is 5.11 Å². The summed E-state index contributed by atoms with van der Waals surface area (Å²) in [6.45, 7) is 4.42. The molecule has 1 aliphatic carbocycles. The number of rotatable bonds is 4. The van der Waals surface area contributed by atoms with Crippen LogP contribution in [0.15, 0.2) is 9.59 Å². The van der Waals surface area contributed by atoms with Gasteiger partial charge in [-0.05, 0) is 31.1 Å². The number of aromatic amines is 1. The van der Waals surface area contributed by atoms with Crippen LogP contribution in [0.1, 0.15) is 51.5 Å². The van der Waals surface area contributed by atoms with Crippen LogP contribution in [0.3, 0.4) is 0 Å². The molecule has 1 heterocycles. The summed E-state index contributed by atoms with van der Waals surface area (Å²) >= 11 is 0. The van der Waals surface area contributed by atoms with Crippen molar-refractivity contribution in [1.82, 2.24) is 9.55 Å². The highest BCUT2D eigenvalue weighted by atomic mass is 16.3. The fourth-order valence-electron chi connectivity index (χ4n) is 3.15. The lowest BCUT2D eigenvalue weighted by Gasteiger charge is -2.28. The Hall–Kier alpha value is -1.52. The fourth-order valence-corrected chi connectivity index (χ4v) is 3.15. The first-order valence-corrected chi connectivity index (χ1v) is 7.08. The third kappa shape index (κ3) is 2.46. The predicted molar refractivity (Wildman–Crippen MR) is 73.6 cm³/mol. The molecule has 5 heteroatoms. The molecule has 2 N–H and O–H groups in total. The van der Waals surface area contributed by atoms with Crippen molar-refractivity contribution in [2.75, 3.05) is 0 Å². The maximum Gasteiger partial charge on any atom is 0.331 e. The molecule has 1 aromatic rings. The lowest BCUT2D eigenvalue weighted by Crippen LogP contribution is -2.36. The highest BCUT2D eigenvalue weighted by molar-refractivity contribution is 5.22. The van der Waals surface area contributed by atoms with Crippen LogP contribution in [0, 0.1) is 5.41 Å². The van der Waals surface area contributed by atoms with Crippen molar-refractivity contribution >= 4 is 0 Å². The molecule has 0 amide bonds. The number of nitrogens with zero attached hydrogens (tertiary/aromatic N) is 1. The lowest BCUT2D eigenvalue weighted by atomic mass is 9.83. The standard InChI is InChI=1S/C14H22N2O3/c1-3-10-11(17)15-13(19)16(12(10)18)9-14(4-2)7-5-6-8-14/h18H,3-9H2,1-2H3,(H,15,17,19). The second-order valence-electron chi connectivity index (χ2n) is 5.56. The third-order valence-electron chi connectivity index (χ3n) is 4.53. The number of nitrogens with one attached hydrogen (secondary N) is 1. The van der Waals surface area contributed by atoms with Gasteiger partial charge >= 0.3 is 5.69 Å². The van der Waals surface area contributed by atoms with Crippen molar-refractivity contribution in [2.45, 2.75) is 58.9 Å². The van der Waals surface area contributed by atoms with Crippen molar-refractivity contribution in [3.05, 3.63) is 26.4 Å². The molecule has 19 heavy (non-hydrogen) atoms. The van der Waals surface area contributed by atoms with Crippen molar-refractivity contribution in [3.8, 4) is 5.88 Å². The van der Waals surface area contributed by atoms with E-state index in [1.165, 1.54) is 17.4 Å². The monoisotopic (exact) mass is 266 g/mol. The maximum absolute atomic E-state index is 11.9. The van der Waals surface area contributed by atoms with Crippen LogP contribution in [-0.4, -0.2) is 14.7 Å². The van der Waals surface area contributed by atoms with Crippen LogP contribution < -0.4 is 11.2 Å². The van der Waals surface area contributed by atoms with Crippen molar-refractivity contribution in [1.29, 1.82) is 0 Å². The Bertz CT molecular complexity index is 565. The first kappa shape index (κ1) is 13.9. The second-order valence-corrected chi connectivity index (χ2v) is 5.56. The largest absolute Gasteiger partial charge is 0.494 e. The third-order valence-corrected chi connectivity index (χ3v) is 4.53. The molecular formula is C14H22N2O3. The van der Waals surface area contributed by atoms with E-state index in [4.69, 9.17) is 0 Å². The molecule has 0 bridgehead atoms. The number of hydrogen-bond acceptors (Lipinski definition) is 3. The summed E-state index contributed by atoms with van der Waals surface area (Å²) in [7, 11) is 0. The van der Waals surface area contributed by atoms with Crippen LogP contribution in [0.25, 0.3) is 0 Å². The van der Waals surface area contributed by atoms with Gasteiger partial charge in [-0.1, -0.05) is 26.7 Å². The maximum atomic E-state index is 11.9. The molecule has 0 atom stereocenters. The van der Waals surface area contributed by atoms with E-state index in [0.29, 0.717) is 18.5 Å². The van der Waals surface area contributed by atoms with E-state index in [9.17, 15) is 14.7 Å². The van der Waals surface area contributed by atoms with Crippen molar-refractivity contribution in [3.63, 3.8) is 0 Å². The Kier molecular flexibility index (Phi) is 3.83. The van der Waals surface area contributed by atoms with Gasteiger partial charge < -0.3 is 5.11 Å². The van der Waals surface area contributed by atoms with E-state index in [1.807, 2.05) is 0 Å². The highest BCUT2D eigenvalue weighted by Crippen LogP contribution is 2.42. The van der Waals surface area contributed by atoms with Crippen LogP contribution in [0.5, 0.6) is 5.88 Å². The Morgan fingerprint density at radius 1 is 1.26 bits per heavy atom. The molecule has 1 aliphatic rings. The molecule has 0 saturated heterocycles. The van der Waals surface area contributed by atoms with E-state index in [2.05, 4.69) is 11.9 Å². The zero-order valence-electron chi connectivity index (χ0n) is 11.7. The SMILES string of the molecule is CCc1c(O)n(CC2(CC)CCCC2)c(=O)[nH]c1=O. The highest BCUT2D eigenvalue weighted by Gasteiger charge is 2.33.